The molecule has 0 amide bonds. The van der Waals surface area contributed by atoms with E-state index in [1.54, 1.807) is 12.1 Å². The number of hydrogen-bond acceptors (Lipinski definition) is 4. The number of aliphatic hydroxyl groups is 1. The quantitative estimate of drug-likeness (QED) is 0.806. The summed E-state index contributed by atoms with van der Waals surface area (Å²) in [5, 5.41) is 19.2. The maximum atomic E-state index is 10.2. The van der Waals surface area contributed by atoms with Gasteiger partial charge in [0.05, 0.1) is 11.2 Å². The van der Waals surface area contributed by atoms with Crippen LogP contribution in [-0.4, -0.2) is 35.1 Å². The molecule has 0 atom stereocenters. The third-order valence-electron chi connectivity index (χ3n) is 4.04. The van der Waals surface area contributed by atoms with Gasteiger partial charge in [-0.25, -0.2) is 0 Å². The van der Waals surface area contributed by atoms with Crippen molar-refractivity contribution in [2.45, 2.75) is 45.3 Å². The van der Waals surface area contributed by atoms with Crippen molar-refractivity contribution >= 4 is 12.6 Å². The molecule has 104 valence electrons. The lowest BCUT2D eigenvalue weighted by Gasteiger charge is -2.32. The number of para-hydroxylation sites is 1. The van der Waals surface area contributed by atoms with Crippen molar-refractivity contribution in [1.82, 2.24) is 0 Å². The van der Waals surface area contributed by atoms with Crippen LogP contribution in [0.1, 0.15) is 33.3 Å². The molecular formula is C14H21BO4. The second-order valence-corrected chi connectivity index (χ2v) is 5.92. The largest absolute Gasteiger partial charge is 0.508 e. The normalized spacial score (nSPS) is 20.8. The van der Waals surface area contributed by atoms with Gasteiger partial charge in [-0.3, -0.25) is 0 Å². The van der Waals surface area contributed by atoms with E-state index in [4.69, 9.17) is 14.4 Å². The topological polar surface area (TPSA) is 58.9 Å². The van der Waals surface area contributed by atoms with E-state index in [9.17, 15) is 5.11 Å². The number of hydrogen-bond donors (Lipinski definition) is 2. The zero-order valence-electron chi connectivity index (χ0n) is 11.9. The van der Waals surface area contributed by atoms with Gasteiger partial charge >= 0.3 is 7.12 Å². The molecule has 1 aliphatic rings. The van der Waals surface area contributed by atoms with Crippen LogP contribution in [0, 0.1) is 0 Å². The third kappa shape index (κ3) is 2.50. The summed E-state index contributed by atoms with van der Waals surface area (Å²) in [6.45, 7) is 7.90. The Morgan fingerprint density at radius 2 is 1.68 bits per heavy atom. The number of rotatable bonds is 3. The molecule has 1 saturated heterocycles. The van der Waals surface area contributed by atoms with Gasteiger partial charge in [0.2, 0.25) is 0 Å². The van der Waals surface area contributed by atoms with Crippen molar-refractivity contribution in [2.75, 3.05) is 6.61 Å². The fraction of sp³-hybridized carbons (Fsp3) is 0.571. The van der Waals surface area contributed by atoms with Crippen LogP contribution in [0.4, 0.5) is 0 Å². The first-order chi connectivity index (χ1) is 8.78. The van der Waals surface area contributed by atoms with Crippen LogP contribution in [0.25, 0.3) is 0 Å². The number of phenolic OH excluding ortho intramolecular Hbond substituents is 1. The zero-order valence-corrected chi connectivity index (χ0v) is 11.9. The SMILES string of the molecule is CC1(C)OB(c2cccc(CCO)c2O)OC1(C)C. The lowest BCUT2D eigenvalue weighted by atomic mass is 9.77. The van der Waals surface area contributed by atoms with Crippen molar-refractivity contribution in [3.63, 3.8) is 0 Å². The van der Waals surface area contributed by atoms with E-state index in [0.717, 1.165) is 0 Å². The summed E-state index contributed by atoms with van der Waals surface area (Å²) >= 11 is 0. The van der Waals surface area contributed by atoms with Gasteiger partial charge in [-0.1, -0.05) is 18.2 Å². The minimum absolute atomic E-state index is 0.000377. The predicted octanol–water partition coefficient (Wildman–Crippen LogP) is 1.23. The minimum atomic E-state index is -0.580. The van der Waals surface area contributed by atoms with Crippen LogP contribution in [0.5, 0.6) is 5.75 Å². The summed E-state index contributed by atoms with van der Waals surface area (Å²) in [5.41, 5.74) is 0.452. The summed E-state index contributed by atoms with van der Waals surface area (Å²) in [4.78, 5) is 0. The lowest BCUT2D eigenvalue weighted by molar-refractivity contribution is 0.00578. The standard InChI is InChI=1S/C14H21BO4/c1-13(2)14(3,4)19-15(18-13)11-7-5-6-10(8-9-16)12(11)17/h5-7,16-17H,8-9H2,1-4H3. The molecule has 0 spiro atoms. The van der Waals surface area contributed by atoms with E-state index < -0.39 is 18.3 Å². The highest BCUT2D eigenvalue weighted by molar-refractivity contribution is 6.63. The highest BCUT2D eigenvalue weighted by atomic mass is 16.7. The molecule has 0 bridgehead atoms. The second kappa shape index (κ2) is 4.82. The number of benzene rings is 1. The number of aromatic hydroxyl groups is 1. The molecule has 0 aromatic heterocycles. The summed E-state index contributed by atoms with van der Waals surface area (Å²) in [5.74, 6) is 0.148. The maximum Gasteiger partial charge on any atom is 0.498 e. The Morgan fingerprint density at radius 1 is 1.11 bits per heavy atom. The van der Waals surface area contributed by atoms with Crippen LogP contribution in [-0.2, 0) is 15.7 Å². The predicted molar refractivity (Wildman–Crippen MR) is 74.6 cm³/mol. The minimum Gasteiger partial charge on any atom is -0.508 e. The van der Waals surface area contributed by atoms with Crippen molar-refractivity contribution in [3.05, 3.63) is 23.8 Å². The molecule has 19 heavy (non-hydrogen) atoms. The molecule has 0 saturated carbocycles. The van der Waals surface area contributed by atoms with Gasteiger partial charge in [-0.15, -0.1) is 0 Å². The molecule has 2 rings (SSSR count). The highest BCUT2D eigenvalue weighted by Gasteiger charge is 2.52. The van der Waals surface area contributed by atoms with Gasteiger partial charge in [-0.05, 0) is 39.7 Å². The molecule has 2 N–H and O–H groups in total. The average Bonchev–Trinajstić information content (AvgIpc) is 2.51. The van der Waals surface area contributed by atoms with E-state index in [1.165, 1.54) is 0 Å². The van der Waals surface area contributed by atoms with Crippen molar-refractivity contribution in [3.8, 4) is 5.75 Å². The Balaban J connectivity index is 2.32. The maximum absolute atomic E-state index is 10.2. The van der Waals surface area contributed by atoms with Gasteiger partial charge in [0, 0.05) is 12.1 Å². The smallest absolute Gasteiger partial charge is 0.498 e. The molecule has 4 nitrogen and oxygen atoms in total. The monoisotopic (exact) mass is 264 g/mol. The zero-order chi connectivity index (χ0) is 14.3. The van der Waals surface area contributed by atoms with Crippen molar-refractivity contribution in [1.29, 1.82) is 0 Å². The molecule has 1 fully saturated rings. The Hall–Kier alpha value is -1.04. The van der Waals surface area contributed by atoms with E-state index in [-0.39, 0.29) is 12.4 Å². The molecule has 0 unspecified atom stereocenters. The van der Waals surface area contributed by atoms with E-state index >= 15 is 0 Å². The van der Waals surface area contributed by atoms with Crippen LogP contribution in [0.2, 0.25) is 0 Å². The van der Waals surface area contributed by atoms with Crippen LogP contribution in [0.15, 0.2) is 18.2 Å². The summed E-state index contributed by atoms with van der Waals surface area (Å²) in [7, 11) is -0.580. The van der Waals surface area contributed by atoms with Crippen molar-refractivity contribution < 1.29 is 19.5 Å². The summed E-state index contributed by atoms with van der Waals surface area (Å²) < 4.78 is 11.8. The van der Waals surface area contributed by atoms with E-state index in [2.05, 4.69) is 0 Å². The molecular weight excluding hydrogens is 243 g/mol. The fourth-order valence-corrected chi connectivity index (χ4v) is 2.09. The Morgan fingerprint density at radius 3 is 2.21 bits per heavy atom. The van der Waals surface area contributed by atoms with Crippen molar-refractivity contribution in [2.24, 2.45) is 0 Å². The molecule has 1 aliphatic heterocycles. The second-order valence-electron chi connectivity index (χ2n) is 5.92. The van der Waals surface area contributed by atoms with Crippen LogP contribution < -0.4 is 5.46 Å². The molecule has 5 heteroatoms. The van der Waals surface area contributed by atoms with Crippen LogP contribution >= 0.6 is 0 Å². The third-order valence-corrected chi connectivity index (χ3v) is 4.04. The average molecular weight is 264 g/mol. The summed E-state index contributed by atoms with van der Waals surface area (Å²) in [6.07, 6.45) is 0.416. The van der Waals surface area contributed by atoms with E-state index in [1.807, 2.05) is 33.8 Å². The van der Waals surface area contributed by atoms with Gasteiger partial charge in [0.1, 0.15) is 5.75 Å². The fourth-order valence-electron chi connectivity index (χ4n) is 2.09. The molecule has 1 aromatic rings. The molecule has 0 radical (unpaired) electrons. The molecule has 0 aliphatic carbocycles. The van der Waals surface area contributed by atoms with Gasteiger partial charge < -0.3 is 19.5 Å². The first kappa shape index (κ1) is 14.4. The number of aliphatic hydroxyl groups excluding tert-OH is 1. The molecule has 1 aromatic carbocycles. The molecule has 1 heterocycles. The van der Waals surface area contributed by atoms with Gasteiger partial charge in [-0.2, -0.15) is 0 Å². The highest BCUT2D eigenvalue weighted by Crippen LogP contribution is 2.37. The first-order valence-corrected chi connectivity index (χ1v) is 6.56. The van der Waals surface area contributed by atoms with Gasteiger partial charge in [0.15, 0.2) is 0 Å². The Labute approximate surface area is 114 Å². The first-order valence-electron chi connectivity index (χ1n) is 6.56. The number of phenols is 1. The summed E-state index contributed by atoms with van der Waals surface area (Å²) in [6, 6.07) is 5.42. The lowest BCUT2D eigenvalue weighted by Crippen LogP contribution is -2.41. The van der Waals surface area contributed by atoms with Gasteiger partial charge in [0.25, 0.3) is 0 Å². The van der Waals surface area contributed by atoms with Crippen LogP contribution in [0.3, 0.4) is 0 Å². The Kier molecular flexibility index (Phi) is 3.64. The van der Waals surface area contributed by atoms with E-state index in [0.29, 0.717) is 17.4 Å². The Bertz CT molecular complexity index is 455.